The van der Waals surface area contributed by atoms with E-state index in [1.165, 1.54) is 0 Å². The molecule has 0 aliphatic carbocycles. The third-order valence-electron chi connectivity index (χ3n) is 3.63. The summed E-state index contributed by atoms with van der Waals surface area (Å²) in [4.78, 5) is 38.1. The van der Waals surface area contributed by atoms with Crippen LogP contribution in [-0.4, -0.2) is 36.0 Å². The van der Waals surface area contributed by atoms with Crippen LogP contribution in [0.2, 0.25) is 0 Å². The normalized spacial score (nSPS) is 10.7. The Labute approximate surface area is 146 Å². The summed E-state index contributed by atoms with van der Waals surface area (Å²) in [6.45, 7) is 4.08. The standard InChI is InChI=1S/C18H23N3O4/c1-12(2)7-8-19-18(24)21-16(22)11-25-17(23)9-13-10-20-15-6-4-3-5-14(13)15/h3-6,10,12,20H,7-9,11H2,1-2H3,(H2,19,21,22,24). The molecule has 0 radical (unpaired) electrons. The summed E-state index contributed by atoms with van der Waals surface area (Å²) in [5.74, 6) is -0.726. The number of hydrogen-bond acceptors (Lipinski definition) is 4. The molecular formula is C18H23N3O4. The van der Waals surface area contributed by atoms with E-state index in [-0.39, 0.29) is 6.42 Å². The summed E-state index contributed by atoms with van der Waals surface area (Å²) < 4.78 is 4.92. The van der Waals surface area contributed by atoms with E-state index in [1.54, 1.807) is 6.20 Å². The van der Waals surface area contributed by atoms with Crippen LogP contribution < -0.4 is 10.6 Å². The van der Waals surface area contributed by atoms with Crippen LogP contribution in [0.5, 0.6) is 0 Å². The Hall–Kier alpha value is -2.83. The fraction of sp³-hybridized carbons (Fsp3) is 0.389. The van der Waals surface area contributed by atoms with Crippen LogP contribution in [0.4, 0.5) is 4.79 Å². The lowest BCUT2D eigenvalue weighted by molar-refractivity contribution is -0.147. The second-order valence-corrected chi connectivity index (χ2v) is 6.18. The number of para-hydroxylation sites is 1. The van der Waals surface area contributed by atoms with Crippen molar-refractivity contribution in [3.05, 3.63) is 36.0 Å². The van der Waals surface area contributed by atoms with Gasteiger partial charge in [-0.2, -0.15) is 0 Å². The molecule has 0 fully saturated rings. The number of benzene rings is 1. The van der Waals surface area contributed by atoms with E-state index in [0.717, 1.165) is 22.9 Å². The van der Waals surface area contributed by atoms with Crippen LogP contribution in [0, 0.1) is 5.92 Å². The van der Waals surface area contributed by atoms with E-state index in [1.807, 2.05) is 38.1 Å². The first-order valence-corrected chi connectivity index (χ1v) is 8.24. The average Bonchev–Trinajstić information content (AvgIpc) is 2.96. The first-order chi connectivity index (χ1) is 12.0. The smallest absolute Gasteiger partial charge is 0.321 e. The van der Waals surface area contributed by atoms with Gasteiger partial charge < -0.3 is 15.0 Å². The van der Waals surface area contributed by atoms with Crippen molar-refractivity contribution in [2.75, 3.05) is 13.2 Å². The monoisotopic (exact) mass is 345 g/mol. The molecule has 0 aliphatic rings. The second-order valence-electron chi connectivity index (χ2n) is 6.18. The van der Waals surface area contributed by atoms with Gasteiger partial charge in [-0.3, -0.25) is 14.9 Å². The Morgan fingerprint density at radius 3 is 2.72 bits per heavy atom. The number of ether oxygens (including phenoxy) is 1. The molecule has 0 spiro atoms. The molecule has 7 nitrogen and oxygen atoms in total. The van der Waals surface area contributed by atoms with Crippen LogP contribution in [-0.2, 0) is 20.7 Å². The summed E-state index contributed by atoms with van der Waals surface area (Å²) in [7, 11) is 0. The van der Waals surface area contributed by atoms with Crippen LogP contribution in [0.25, 0.3) is 10.9 Å². The molecule has 1 aromatic carbocycles. The minimum Gasteiger partial charge on any atom is -0.455 e. The lowest BCUT2D eigenvalue weighted by atomic mass is 10.1. The largest absolute Gasteiger partial charge is 0.455 e. The van der Waals surface area contributed by atoms with Crippen LogP contribution in [0.15, 0.2) is 30.5 Å². The van der Waals surface area contributed by atoms with Gasteiger partial charge in [-0.05, 0) is 24.0 Å². The molecule has 7 heteroatoms. The highest BCUT2D eigenvalue weighted by Gasteiger charge is 2.13. The van der Waals surface area contributed by atoms with Crippen molar-refractivity contribution in [3.8, 4) is 0 Å². The Morgan fingerprint density at radius 2 is 1.96 bits per heavy atom. The molecule has 0 saturated heterocycles. The maximum atomic E-state index is 11.9. The maximum absolute atomic E-state index is 11.9. The molecule has 1 heterocycles. The number of esters is 1. The van der Waals surface area contributed by atoms with E-state index in [4.69, 9.17) is 4.74 Å². The highest BCUT2D eigenvalue weighted by molar-refractivity contribution is 5.95. The molecule has 134 valence electrons. The van der Waals surface area contributed by atoms with Crippen LogP contribution in [0.3, 0.4) is 0 Å². The topological polar surface area (TPSA) is 100 Å². The number of fused-ring (bicyclic) bond motifs is 1. The van der Waals surface area contributed by atoms with Gasteiger partial charge >= 0.3 is 12.0 Å². The van der Waals surface area contributed by atoms with Gasteiger partial charge in [0.2, 0.25) is 0 Å². The van der Waals surface area contributed by atoms with E-state index in [0.29, 0.717) is 12.5 Å². The summed E-state index contributed by atoms with van der Waals surface area (Å²) in [5.41, 5.74) is 1.73. The molecule has 25 heavy (non-hydrogen) atoms. The first kappa shape index (κ1) is 18.5. The lowest BCUT2D eigenvalue weighted by Gasteiger charge is -2.08. The first-order valence-electron chi connectivity index (χ1n) is 8.24. The number of carbonyl (C=O) groups is 3. The minimum atomic E-state index is -0.658. The predicted molar refractivity (Wildman–Crippen MR) is 94.0 cm³/mol. The van der Waals surface area contributed by atoms with Crippen molar-refractivity contribution < 1.29 is 19.1 Å². The number of amides is 3. The van der Waals surface area contributed by atoms with Crippen molar-refractivity contribution in [2.24, 2.45) is 5.92 Å². The molecule has 2 aromatic rings. The summed E-state index contributed by atoms with van der Waals surface area (Å²) in [6.07, 6.45) is 2.62. The van der Waals surface area contributed by atoms with Crippen molar-refractivity contribution in [1.29, 1.82) is 0 Å². The Morgan fingerprint density at radius 1 is 1.20 bits per heavy atom. The molecule has 0 saturated carbocycles. The van der Waals surface area contributed by atoms with Crippen LogP contribution >= 0.6 is 0 Å². The quantitative estimate of drug-likeness (QED) is 0.669. The number of H-pyrrole nitrogens is 1. The Balaban J connectivity index is 1.72. The molecule has 0 unspecified atom stereocenters. The summed E-state index contributed by atoms with van der Waals surface area (Å²) in [5, 5.41) is 5.64. The molecule has 0 bridgehead atoms. The number of rotatable bonds is 7. The van der Waals surface area contributed by atoms with Gasteiger partial charge in [0.25, 0.3) is 5.91 Å². The molecule has 3 amide bonds. The fourth-order valence-corrected chi connectivity index (χ4v) is 2.31. The van der Waals surface area contributed by atoms with E-state index in [2.05, 4.69) is 15.6 Å². The number of nitrogens with one attached hydrogen (secondary N) is 3. The fourth-order valence-electron chi connectivity index (χ4n) is 2.31. The highest BCUT2D eigenvalue weighted by Crippen LogP contribution is 2.18. The van der Waals surface area contributed by atoms with Crippen molar-refractivity contribution in [3.63, 3.8) is 0 Å². The van der Waals surface area contributed by atoms with E-state index >= 15 is 0 Å². The number of imide groups is 1. The van der Waals surface area contributed by atoms with E-state index in [9.17, 15) is 14.4 Å². The molecule has 1 aromatic heterocycles. The molecule has 2 rings (SSSR count). The van der Waals surface area contributed by atoms with Crippen molar-refractivity contribution in [1.82, 2.24) is 15.6 Å². The highest BCUT2D eigenvalue weighted by atomic mass is 16.5. The molecular weight excluding hydrogens is 322 g/mol. The Kier molecular flexibility index (Phi) is 6.56. The summed E-state index contributed by atoms with van der Waals surface area (Å²) >= 11 is 0. The number of hydrogen-bond donors (Lipinski definition) is 3. The number of aromatic nitrogens is 1. The maximum Gasteiger partial charge on any atom is 0.321 e. The number of urea groups is 1. The number of aromatic amines is 1. The van der Waals surface area contributed by atoms with Crippen molar-refractivity contribution >= 4 is 28.8 Å². The van der Waals surface area contributed by atoms with Crippen LogP contribution in [0.1, 0.15) is 25.8 Å². The minimum absolute atomic E-state index is 0.0535. The van der Waals surface area contributed by atoms with E-state index < -0.39 is 24.5 Å². The van der Waals surface area contributed by atoms with Crippen molar-refractivity contribution in [2.45, 2.75) is 26.7 Å². The Bertz CT molecular complexity index is 752. The number of carbonyl (C=O) groups excluding carboxylic acids is 3. The van der Waals surface area contributed by atoms with Gasteiger partial charge in [-0.25, -0.2) is 4.79 Å². The zero-order chi connectivity index (χ0) is 18.2. The zero-order valence-corrected chi connectivity index (χ0v) is 14.4. The summed E-state index contributed by atoms with van der Waals surface area (Å²) in [6, 6.07) is 7.02. The zero-order valence-electron chi connectivity index (χ0n) is 14.4. The van der Waals surface area contributed by atoms with Gasteiger partial charge in [0.05, 0.1) is 6.42 Å². The van der Waals surface area contributed by atoms with Gasteiger partial charge in [-0.15, -0.1) is 0 Å². The molecule has 3 N–H and O–H groups in total. The van der Waals surface area contributed by atoms with Gasteiger partial charge in [-0.1, -0.05) is 32.0 Å². The van der Waals surface area contributed by atoms with Gasteiger partial charge in [0, 0.05) is 23.6 Å². The third-order valence-corrected chi connectivity index (χ3v) is 3.63. The predicted octanol–water partition coefficient (Wildman–Crippen LogP) is 2.13. The SMILES string of the molecule is CC(C)CCNC(=O)NC(=O)COC(=O)Cc1c[nH]c2ccccc12. The molecule has 0 aliphatic heterocycles. The molecule has 0 atom stereocenters. The second kappa shape index (κ2) is 8.86. The lowest BCUT2D eigenvalue weighted by Crippen LogP contribution is -2.42. The van der Waals surface area contributed by atoms with Gasteiger partial charge in [0.15, 0.2) is 6.61 Å². The third kappa shape index (κ3) is 5.95. The average molecular weight is 345 g/mol. The van der Waals surface area contributed by atoms with Gasteiger partial charge in [0.1, 0.15) is 0 Å².